The highest BCUT2D eigenvalue weighted by Gasteiger charge is 2.28. The molecular formula is C26H40P2. The van der Waals surface area contributed by atoms with Crippen LogP contribution in [0.25, 0.3) is 11.1 Å². The molecule has 0 saturated carbocycles. The molecule has 154 valence electrons. The Morgan fingerprint density at radius 2 is 0.786 bits per heavy atom. The third-order valence-corrected chi connectivity index (χ3v) is 11.8. The maximum Gasteiger partial charge on any atom is -0.00684 e. The molecule has 0 amide bonds. The molecule has 2 aromatic carbocycles. The van der Waals surface area contributed by atoms with Crippen molar-refractivity contribution in [3.05, 3.63) is 47.5 Å². The Morgan fingerprint density at radius 1 is 0.500 bits per heavy atom. The van der Waals surface area contributed by atoms with Crippen LogP contribution in [-0.2, 0) is 0 Å². The van der Waals surface area contributed by atoms with E-state index in [1.54, 1.807) is 10.6 Å². The normalized spacial score (nSPS) is 12.4. The fourth-order valence-electron chi connectivity index (χ4n) is 4.69. The van der Waals surface area contributed by atoms with Crippen LogP contribution in [0, 0.1) is 13.8 Å². The summed E-state index contributed by atoms with van der Waals surface area (Å²) in [5.41, 5.74) is 8.73. The molecule has 2 heteroatoms. The molecule has 0 fully saturated rings. The minimum Gasteiger partial charge on any atom is -0.0694 e. The molecule has 0 heterocycles. The van der Waals surface area contributed by atoms with Crippen LogP contribution in [0.15, 0.2) is 36.4 Å². The zero-order valence-corrected chi connectivity index (χ0v) is 21.5. The first-order chi connectivity index (χ1) is 13.1. The van der Waals surface area contributed by atoms with Gasteiger partial charge >= 0.3 is 0 Å². The van der Waals surface area contributed by atoms with Crippen molar-refractivity contribution in [2.24, 2.45) is 0 Å². The van der Waals surface area contributed by atoms with Crippen LogP contribution in [0.2, 0.25) is 0 Å². The van der Waals surface area contributed by atoms with E-state index in [0.717, 1.165) is 0 Å². The minimum absolute atomic E-state index is 0.202. The van der Waals surface area contributed by atoms with Gasteiger partial charge in [0.25, 0.3) is 0 Å². The molecule has 0 bridgehead atoms. The number of hydrogen-bond acceptors (Lipinski definition) is 0. The van der Waals surface area contributed by atoms with Crippen LogP contribution in [0.1, 0.15) is 66.5 Å². The summed E-state index contributed by atoms with van der Waals surface area (Å²) < 4.78 is 0. The molecule has 0 aromatic heterocycles. The Bertz CT molecular complexity index is 704. The first-order valence-corrected chi connectivity index (χ1v) is 13.8. The van der Waals surface area contributed by atoms with Crippen LogP contribution in [0.5, 0.6) is 0 Å². The Hall–Kier alpha value is -0.700. The van der Waals surface area contributed by atoms with Gasteiger partial charge in [-0.05, 0) is 69.3 Å². The summed E-state index contributed by atoms with van der Waals surface area (Å²) in [4.78, 5) is 0. The third-order valence-electron chi connectivity index (χ3n) is 5.53. The molecule has 28 heavy (non-hydrogen) atoms. The van der Waals surface area contributed by atoms with E-state index in [2.05, 4.69) is 106 Å². The summed E-state index contributed by atoms with van der Waals surface area (Å²) in [6, 6.07) is 14.0. The topological polar surface area (TPSA) is 0 Å². The van der Waals surface area contributed by atoms with Crippen molar-refractivity contribution < 1.29 is 0 Å². The predicted molar refractivity (Wildman–Crippen MR) is 135 cm³/mol. The second kappa shape index (κ2) is 9.87. The van der Waals surface area contributed by atoms with Crippen molar-refractivity contribution in [2.75, 3.05) is 0 Å². The molecule has 2 aromatic rings. The summed E-state index contributed by atoms with van der Waals surface area (Å²) in [6.45, 7) is 23.9. The van der Waals surface area contributed by atoms with Crippen molar-refractivity contribution in [3.63, 3.8) is 0 Å². The Labute approximate surface area is 177 Å². The van der Waals surface area contributed by atoms with Gasteiger partial charge in [0.05, 0.1) is 0 Å². The second-order valence-electron chi connectivity index (χ2n) is 9.13. The van der Waals surface area contributed by atoms with Crippen LogP contribution in [0.3, 0.4) is 0 Å². The predicted octanol–water partition coefficient (Wildman–Crippen LogP) is 7.82. The van der Waals surface area contributed by atoms with Crippen molar-refractivity contribution in [1.29, 1.82) is 0 Å². The van der Waals surface area contributed by atoms with E-state index in [4.69, 9.17) is 0 Å². The molecule has 0 N–H and O–H groups in total. The number of rotatable bonds is 7. The molecule has 0 nitrogen and oxygen atoms in total. The van der Waals surface area contributed by atoms with Gasteiger partial charge in [0.15, 0.2) is 0 Å². The number of aryl methyl sites for hydroxylation is 2. The molecule has 0 spiro atoms. The fraction of sp³-hybridized carbons (Fsp3) is 0.538. The van der Waals surface area contributed by atoms with Crippen LogP contribution in [0.4, 0.5) is 0 Å². The highest BCUT2D eigenvalue weighted by atomic mass is 31.1. The summed E-state index contributed by atoms with van der Waals surface area (Å²) in [5, 5.41) is 3.22. The summed E-state index contributed by atoms with van der Waals surface area (Å²) in [5.74, 6) is 0. The second-order valence-corrected chi connectivity index (χ2v) is 15.9. The van der Waals surface area contributed by atoms with Crippen LogP contribution < -0.4 is 10.6 Å². The quantitative estimate of drug-likeness (QED) is 0.405. The third kappa shape index (κ3) is 4.89. The smallest absolute Gasteiger partial charge is 0.00684 e. The Kier molecular flexibility index (Phi) is 8.31. The Balaban J connectivity index is 2.87. The van der Waals surface area contributed by atoms with E-state index >= 15 is 0 Å². The molecule has 0 unspecified atom stereocenters. The Morgan fingerprint density at radius 3 is 1.04 bits per heavy atom. The van der Waals surface area contributed by atoms with Gasteiger partial charge in [-0.3, -0.25) is 0 Å². The molecule has 2 rings (SSSR count). The molecular weight excluding hydrogens is 374 g/mol. The van der Waals surface area contributed by atoms with Crippen molar-refractivity contribution in [1.82, 2.24) is 0 Å². The van der Waals surface area contributed by atoms with Gasteiger partial charge in [0.2, 0.25) is 0 Å². The van der Waals surface area contributed by atoms with E-state index in [9.17, 15) is 0 Å². The molecule has 0 radical (unpaired) electrons. The van der Waals surface area contributed by atoms with Gasteiger partial charge in [0, 0.05) is 0 Å². The minimum atomic E-state index is -0.202. The van der Waals surface area contributed by atoms with E-state index < -0.39 is 0 Å². The maximum atomic E-state index is 2.43. The van der Waals surface area contributed by atoms with Crippen molar-refractivity contribution >= 4 is 26.5 Å². The summed E-state index contributed by atoms with van der Waals surface area (Å²) in [7, 11) is -0.404. The largest absolute Gasteiger partial charge is 0.0694 e. The standard InChI is InChI=1S/C26H40P2/c1-17(2)27(18(3)4)23-15-11-13-21(9)25(23)26-22(10)14-12-16-24(26)28(19(5)6)20(7)8/h11-20H,1-10H3. The molecule has 0 aliphatic rings. The van der Waals surface area contributed by atoms with Crippen molar-refractivity contribution in [2.45, 2.75) is 91.9 Å². The lowest BCUT2D eigenvalue weighted by molar-refractivity contribution is 1.02. The zero-order chi connectivity index (χ0) is 21.2. The monoisotopic (exact) mass is 414 g/mol. The number of hydrogen-bond donors (Lipinski definition) is 0. The van der Waals surface area contributed by atoms with Gasteiger partial charge in [-0.25, -0.2) is 0 Å². The van der Waals surface area contributed by atoms with Gasteiger partial charge in [0.1, 0.15) is 0 Å². The van der Waals surface area contributed by atoms with E-state index in [0.29, 0.717) is 22.6 Å². The molecule has 0 saturated heterocycles. The molecule has 0 aliphatic carbocycles. The van der Waals surface area contributed by atoms with E-state index in [1.807, 2.05) is 0 Å². The van der Waals surface area contributed by atoms with Gasteiger partial charge in [-0.1, -0.05) is 108 Å². The lowest BCUT2D eigenvalue weighted by Gasteiger charge is -2.33. The fourth-order valence-corrected chi connectivity index (χ4v) is 10.9. The highest BCUT2D eigenvalue weighted by molar-refractivity contribution is 7.68. The summed E-state index contributed by atoms with van der Waals surface area (Å²) in [6.07, 6.45) is 0. The molecule has 0 aliphatic heterocycles. The van der Waals surface area contributed by atoms with Crippen molar-refractivity contribution in [3.8, 4) is 11.1 Å². The lowest BCUT2D eigenvalue weighted by atomic mass is 9.96. The average molecular weight is 415 g/mol. The molecule has 0 atom stereocenters. The van der Waals surface area contributed by atoms with Crippen LogP contribution >= 0.6 is 15.8 Å². The van der Waals surface area contributed by atoms with Gasteiger partial charge in [-0.15, -0.1) is 0 Å². The lowest BCUT2D eigenvalue weighted by Crippen LogP contribution is -2.23. The highest BCUT2D eigenvalue weighted by Crippen LogP contribution is 2.51. The average Bonchev–Trinajstić information content (AvgIpc) is 2.55. The number of benzene rings is 2. The van der Waals surface area contributed by atoms with E-state index in [1.165, 1.54) is 22.3 Å². The zero-order valence-electron chi connectivity index (χ0n) is 19.7. The van der Waals surface area contributed by atoms with Gasteiger partial charge < -0.3 is 0 Å². The first kappa shape index (κ1) is 23.6. The summed E-state index contributed by atoms with van der Waals surface area (Å²) >= 11 is 0. The van der Waals surface area contributed by atoms with Gasteiger partial charge in [-0.2, -0.15) is 0 Å². The maximum absolute atomic E-state index is 2.43. The van der Waals surface area contributed by atoms with Crippen LogP contribution in [-0.4, -0.2) is 22.6 Å². The first-order valence-electron chi connectivity index (χ1n) is 10.8. The van der Waals surface area contributed by atoms with E-state index in [-0.39, 0.29) is 15.8 Å². The SMILES string of the molecule is Cc1cccc(P(C(C)C)C(C)C)c1-c1c(C)cccc1P(C(C)C)C(C)C.